The number of nitrogens with zero attached hydrogens (tertiary/aromatic N) is 2. The molecule has 2 rings (SSSR count). The van der Waals surface area contributed by atoms with Crippen LogP contribution in [0.25, 0.3) is 11.3 Å². The first-order chi connectivity index (χ1) is 8.91. The number of benzene rings is 1. The van der Waals surface area contributed by atoms with Gasteiger partial charge >= 0.3 is 0 Å². The Balaban J connectivity index is 2.61. The van der Waals surface area contributed by atoms with Crippen LogP contribution in [0.3, 0.4) is 0 Å². The van der Waals surface area contributed by atoms with Crippen LogP contribution in [0.2, 0.25) is 0 Å². The minimum atomic E-state index is -0.0805. The summed E-state index contributed by atoms with van der Waals surface area (Å²) in [7, 11) is 1.87. The lowest BCUT2D eigenvalue weighted by Crippen LogP contribution is -2.17. The fraction of sp³-hybridized carbons (Fsp3) is 0.333. The molecule has 0 radical (unpaired) electrons. The van der Waals surface area contributed by atoms with E-state index in [0.29, 0.717) is 0 Å². The Kier molecular flexibility index (Phi) is 3.90. The third-order valence-corrected chi connectivity index (χ3v) is 3.49. The molecule has 19 heavy (non-hydrogen) atoms. The molecule has 4 heteroatoms. The fourth-order valence-corrected chi connectivity index (χ4v) is 2.21. The van der Waals surface area contributed by atoms with Crippen molar-refractivity contribution in [3.05, 3.63) is 40.6 Å². The van der Waals surface area contributed by atoms with Gasteiger partial charge in [-0.2, -0.15) is 0 Å². The first-order valence-corrected chi connectivity index (χ1v) is 7.03. The van der Waals surface area contributed by atoms with Gasteiger partial charge in [-0.3, -0.25) is 0 Å². The summed E-state index contributed by atoms with van der Waals surface area (Å²) in [5.74, 6) is 1.68. The van der Waals surface area contributed by atoms with E-state index in [1.165, 1.54) is 0 Å². The van der Waals surface area contributed by atoms with Crippen molar-refractivity contribution >= 4 is 21.7 Å². The lowest BCUT2D eigenvalue weighted by Gasteiger charge is -2.18. The lowest BCUT2D eigenvalue weighted by molar-refractivity contribution is 0.547. The number of hydrogen-bond donors (Lipinski definition) is 1. The van der Waals surface area contributed by atoms with E-state index in [4.69, 9.17) is 4.98 Å². The summed E-state index contributed by atoms with van der Waals surface area (Å²) in [6.45, 7) is 6.35. The second-order valence-corrected chi connectivity index (χ2v) is 6.30. The molecule has 0 aliphatic carbocycles. The van der Waals surface area contributed by atoms with Crippen LogP contribution in [-0.4, -0.2) is 17.0 Å². The van der Waals surface area contributed by atoms with E-state index < -0.39 is 0 Å². The van der Waals surface area contributed by atoms with Crippen LogP contribution in [0, 0.1) is 0 Å². The first kappa shape index (κ1) is 14.0. The quantitative estimate of drug-likeness (QED) is 0.899. The molecule has 0 amide bonds. The Morgan fingerprint density at radius 3 is 2.37 bits per heavy atom. The van der Waals surface area contributed by atoms with Gasteiger partial charge in [0, 0.05) is 28.6 Å². The van der Waals surface area contributed by atoms with Gasteiger partial charge in [0.25, 0.3) is 0 Å². The molecule has 0 spiro atoms. The second-order valence-electron chi connectivity index (χ2n) is 5.44. The van der Waals surface area contributed by atoms with E-state index in [2.05, 4.69) is 53.1 Å². The summed E-state index contributed by atoms with van der Waals surface area (Å²) in [6, 6.07) is 10.1. The summed E-state index contributed by atoms with van der Waals surface area (Å²) in [5, 5.41) is 3.10. The van der Waals surface area contributed by atoms with E-state index >= 15 is 0 Å². The maximum absolute atomic E-state index is 4.70. The summed E-state index contributed by atoms with van der Waals surface area (Å²) in [4.78, 5) is 9.24. The third-order valence-electron chi connectivity index (χ3n) is 2.80. The number of aromatic nitrogens is 2. The van der Waals surface area contributed by atoms with Gasteiger partial charge < -0.3 is 5.32 Å². The summed E-state index contributed by atoms with van der Waals surface area (Å²) >= 11 is 3.57. The lowest BCUT2D eigenvalue weighted by atomic mass is 9.95. The summed E-state index contributed by atoms with van der Waals surface area (Å²) < 4.78 is 1.04. The van der Waals surface area contributed by atoms with Crippen LogP contribution in [0.4, 0.5) is 5.82 Å². The van der Waals surface area contributed by atoms with Gasteiger partial charge in [0.15, 0.2) is 0 Å². The van der Waals surface area contributed by atoms with Gasteiger partial charge in [-0.05, 0) is 6.07 Å². The van der Waals surface area contributed by atoms with Crippen LogP contribution in [0.5, 0.6) is 0 Å². The molecular weight excluding hydrogens is 302 g/mol. The molecule has 1 aromatic carbocycles. The summed E-state index contributed by atoms with van der Waals surface area (Å²) in [5.41, 5.74) is 1.92. The first-order valence-electron chi connectivity index (χ1n) is 6.24. The minimum absolute atomic E-state index is 0.0805. The van der Waals surface area contributed by atoms with Crippen molar-refractivity contribution in [2.45, 2.75) is 26.2 Å². The van der Waals surface area contributed by atoms with Crippen molar-refractivity contribution in [1.82, 2.24) is 9.97 Å². The van der Waals surface area contributed by atoms with E-state index in [9.17, 15) is 0 Å². The monoisotopic (exact) mass is 319 g/mol. The van der Waals surface area contributed by atoms with Gasteiger partial charge in [0.05, 0.1) is 5.69 Å². The van der Waals surface area contributed by atoms with E-state index in [1.54, 1.807) is 0 Å². The molecule has 0 aliphatic heterocycles. The van der Waals surface area contributed by atoms with Gasteiger partial charge in [-0.25, -0.2) is 9.97 Å². The van der Waals surface area contributed by atoms with Crippen molar-refractivity contribution in [3.8, 4) is 11.3 Å². The van der Waals surface area contributed by atoms with Gasteiger partial charge in [0.1, 0.15) is 11.6 Å². The van der Waals surface area contributed by atoms with Gasteiger partial charge in [-0.1, -0.05) is 54.9 Å². The smallest absolute Gasteiger partial charge is 0.136 e. The molecule has 100 valence electrons. The number of rotatable bonds is 2. The maximum Gasteiger partial charge on any atom is 0.136 e. The molecule has 3 nitrogen and oxygen atoms in total. The molecule has 0 saturated carbocycles. The topological polar surface area (TPSA) is 37.8 Å². The highest BCUT2D eigenvalue weighted by molar-refractivity contribution is 9.10. The molecule has 0 fully saturated rings. The zero-order chi connectivity index (χ0) is 14.0. The predicted molar refractivity (Wildman–Crippen MR) is 83.4 cm³/mol. The number of anilines is 1. The third kappa shape index (κ3) is 3.13. The molecule has 0 unspecified atom stereocenters. The van der Waals surface area contributed by atoms with Crippen LogP contribution in [0.1, 0.15) is 26.6 Å². The normalized spacial score (nSPS) is 11.4. The molecule has 0 aliphatic rings. The Labute approximate surface area is 122 Å². The average molecular weight is 320 g/mol. The SMILES string of the molecule is CNc1cc(-c2ccccc2Br)nc(C(C)(C)C)n1. The zero-order valence-corrected chi connectivity index (χ0v) is 13.2. The largest absolute Gasteiger partial charge is 0.373 e. The van der Waals surface area contributed by atoms with Crippen molar-refractivity contribution in [1.29, 1.82) is 0 Å². The Bertz CT molecular complexity index is 588. The number of hydrogen-bond acceptors (Lipinski definition) is 3. The van der Waals surface area contributed by atoms with Crippen molar-refractivity contribution in [3.63, 3.8) is 0 Å². The Morgan fingerprint density at radius 2 is 1.79 bits per heavy atom. The standard InChI is InChI=1S/C15H18BrN3/c1-15(2,3)14-18-12(9-13(17-4)19-14)10-7-5-6-8-11(10)16/h5-9H,1-4H3,(H,17,18,19). The van der Waals surface area contributed by atoms with Crippen LogP contribution < -0.4 is 5.32 Å². The molecule has 1 aromatic heterocycles. The van der Waals surface area contributed by atoms with E-state index in [-0.39, 0.29) is 5.41 Å². The fourth-order valence-electron chi connectivity index (χ4n) is 1.72. The Morgan fingerprint density at radius 1 is 1.11 bits per heavy atom. The minimum Gasteiger partial charge on any atom is -0.373 e. The highest BCUT2D eigenvalue weighted by atomic mass is 79.9. The van der Waals surface area contributed by atoms with Crippen molar-refractivity contribution in [2.24, 2.45) is 0 Å². The highest BCUT2D eigenvalue weighted by Gasteiger charge is 2.19. The van der Waals surface area contributed by atoms with Crippen molar-refractivity contribution < 1.29 is 0 Å². The van der Waals surface area contributed by atoms with E-state index in [0.717, 1.165) is 27.4 Å². The zero-order valence-electron chi connectivity index (χ0n) is 11.7. The van der Waals surface area contributed by atoms with Crippen molar-refractivity contribution in [2.75, 3.05) is 12.4 Å². The molecular formula is C15H18BrN3. The molecule has 0 atom stereocenters. The number of halogens is 1. The molecule has 2 aromatic rings. The molecule has 0 bridgehead atoms. The van der Waals surface area contributed by atoms with Crippen LogP contribution >= 0.6 is 15.9 Å². The summed E-state index contributed by atoms with van der Waals surface area (Å²) in [6.07, 6.45) is 0. The Hall–Kier alpha value is -1.42. The van der Waals surface area contributed by atoms with Crippen LogP contribution in [-0.2, 0) is 5.41 Å². The highest BCUT2D eigenvalue weighted by Crippen LogP contribution is 2.29. The second kappa shape index (κ2) is 5.29. The van der Waals surface area contributed by atoms with E-state index in [1.807, 2.05) is 31.3 Å². The molecule has 0 saturated heterocycles. The molecule has 1 N–H and O–H groups in total. The maximum atomic E-state index is 4.70. The van der Waals surface area contributed by atoms with Gasteiger partial charge in [-0.15, -0.1) is 0 Å². The van der Waals surface area contributed by atoms with Gasteiger partial charge in [0.2, 0.25) is 0 Å². The average Bonchev–Trinajstić information content (AvgIpc) is 2.37. The molecule has 1 heterocycles. The predicted octanol–water partition coefficient (Wildman–Crippen LogP) is 4.25. The van der Waals surface area contributed by atoms with Crippen LogP contribution in [0.15, 0.2) is 34.8 Å². The number of nitrogens with one attached hydrogen (secondary N) is 1.